The number of aromatic nitrogens is 2. The summed E-state index contributed by atoms with van der Waals surface area (Å²) in [6, 6.07) is 5.72. The fraction of sp³-hybridized carbons (Fsp3) is 0.167. The van der Waals surface area contributed by atoms with Crippen molar-refractivity contribution >= 4 is 15.9 Å². The first-order valence-electron chi connectivity index (χ1n) is 5.15. The third-order valence-corrected chi connectivity index (χ3v) is 2.61. The maximum Gasteiger partial charge on any atom is 0.139 e. The molecule has 0 amide bonds. The Hall–Kier alpha value is -1.46. The lowest BCUT2D eigenvalue weighted by molar-refractivity contribution is 0.304. The number of nitrogens with zero attached hydrogens (tertiary/aromatic N) is 2. The van der Waals surface area contributed by atoms with Gasteiger partial charge >= 0.3 is 0 Å². The smallest absolute Gasteiger partial charge is 0.139 e. The standard InChI is InChI=1S/C12H12BrN3O/c13-10-4-12(7-15-6-10)17-8-9-1-2-16-11(3-9)5-14/h1-4,6-7H,5,8,14H2. The predicted octanol–water partition coefficient (Wildman–Crippen LogP) is 2.28. The second kappa shape index (κ2) is 5.75. The van der Waals surface area contributed by atoms with E-state index in [1.165, 1.54) is 0 Å². The molecule has 5 heteroatoms. The average Bonchev–Trinajstić information content (AvgIpc) is 2.37. The van der Waals surface area contributed by atoms with Crippen LogP contribution in [0, 0.1) is 0 Å². The Balaban J connectivity index is 2.02. The van der Waals surface area contributed by atoms with Gasteiger partial charge in [-0.1, -0.05) is 0 Å². The fourth-order valence-corrected chi connectivity index (χ4v) is 1.71. The number of pyridine rings is 2. The third-order valence-electron chi connectivity index (χ3n) is 2.18. The van der Waals surface area contributed by atoms with E-state index in [9.17, 15) is 0 Å². The first kappa shape index (κ1) is 12.0. The molecular weight excluding hydrogens is 282 g/mol. The van der Waals surface area contributed by atoms with Gasteiger partial charge in [0.05, 0.1) is 11.9 Å². The summed E-state index contributed by atoms with van der Waals surface area (Å²) in [5, 5.41) is 0. The molecule has 0 aliphatic heterocycles. The zero-order valence-corrected chi connectivity index (χ0v) is 10.7. The summed E-state index contributed by atoms with van der Waals surface area (Å²) in [4.78, 5) is 8.15. The van der Waals surface area contributed by atoms with Crippen molar-refractivity contribution in [2.24, 2.45) is 5.73 Å². The van der Waals surface area contributed by atoms with Gasteiger partial charge in [-0.3, -0.25) is 9.97 Å². The topological polar surface area (TPSA) is 61.0 Å². The molecule has 0 saturated carbocycles. The van der Waals surface area contributed by atoms with E-state index in [1.54, 1.807) is 18.6 Å². The molecule has 2 N–H and O–H groups in total. The molecule has 2 rings (SSSR count). The van der Waals surface area contributed by atoms with Gasteiger partial charge in [-0.2, -0.15) is 0 Å². The van der Waals surface area contributed by atoms with Crippen LogP contribution in [0.1, 0.15) is 11.3 Å². The molecule has 0 aliphatic carbocycles. The van der Waals surface area contributed by atoms with Crippen LogP contribution in [0.25, 0.3) is 0 Å². The lowest BCUT2D eigenvalue weighted by Crippen LogP contribution is -2.02. The van der Waals surface area contributed by atoms with Crippen molar-refractivity contribution in [1.82, 2.24) is 9.97 Å². The van der Waals surface area contributed by atoms with E-state index in [1.807, 2.05) is 18.2 Å². The number of nitrogens with two attached hydrogens (primary N) is 1. The maximum absolute atomic E-state index is 5.61. The lowest BCUT2D eigenvalue weighted by Gasteiger charge is -2.06. The van der Waals surface area contributed by atoms with Crippen molar-refractivity contribution in [2.45, 2.75) is 13.2 Å². The number of rotatable bonds is 4. The van der Waals surface area contributed by atoms with Crippen molar-refractivity contribution in [2.75, 3.05) is 0 Å². The SMILES string of the molecule is NCc1cc(COc2cncc(Br)c2)ccn1. The van der Waals surface area contributed by atoms with Crippen LogP contribution < -0.4 is 10.5 Å². The molecule has 2 aromatic rings. The van der Waals surface area contributed by atoms with Crippen molar-refractivity contribution < 1.29 is 4.74 Å². The molecular formula is C12H12BrN3O. The highest BCUT2D eigenvalue weighted by atomic mass is 79.9. The number of ether oxygens (including phenoxy) is 1. The molecule has 0 aromatic carbocycles. The van der Waals surface area contributed by atoms with E-state index >= 15 is 0 Å². The molecule has 0 unspecified atom stereocenters. The highest BCUT2D eigenvalue weighted by molar-refractivity contribution is 9.10. The molecule has 0 saturated heterocycles. The van der Waals surface area contributed by atoms with Crippen LogP contribution >= 0.6 is 15.9 Å². The van der Waals surface area contributed by atoms with Gasteiger partial charge in [-0.25, -0.2) is 0 Å². The van der Waals surface area contributed by atoms with Crippen LogP contribution in [-0.4, -0.2) is 9.97 Å². The second-order valence-corrected chi connectivity index (χ2v) is 4.40. The van der Waals surface area contributed by atoms with E-state index in [-0.39, 0.29) is 0 Å². The lowest BCUT2D eigenvalue weighted by atomic mass is 10.2. The quantitative estimate of drug-likeness (QED) is 0.939. The van der Waals surface area contributed by atoms with Gasteiger partial charge in [0, 0.05) is 23.4 Å². The van der Waals surface area contributed by atoms with E-state index in [4.69, 9.17) is 10.5 Å². The summed E-state index contributed by atoms with van der Waals surface area (Å²) in [6.07, 6.45) is 5.13. The van der Waals surface area contributed by atoms with Crippen LogP contribution in [0.3, 0.4) is 0 Å². The highest BCUT2D eigenvalue weighted by Gasteiger charge is 1.99. The Bertz CT molecular complexity index is 505. The minimum atomic E-state index is 0.437. The Morgan fingerprint density at radius 3 is 2.94 bits per heavy atom. The summed E-state index contributed by atoms with van der Waals surface area (Å²) >= 11 is 3.34. The van der Waals surface area contributed by atoms with Gasteiger partial charge in [0.1, 0.15) is 12.4 Å². The zero-order chi connectivity index (χ0) is 12.1. The molecule has 0 radical (unpaired) electrons. The molecule has 17 heavy (non-hydrogen) atoms. The van der Waals surface area contributed by atoms with Crippen molar-refractivity contribution in [3.05, 3.63) is 52.5 Å². The average molecular weight is 294 g/mol. The second-order valence-electron chi connectivity index (χ2n) is 3.49. The predicted molar refractivity (Wildman–Crippen MR) is 68.4 cm³/mol. The molecule has 0 bridgehead atoms. The Labute approximate surface area is 108 Å². The first-order chi connectivity index (χ1) is 8.28. The normalized spacial score (nSPS) is 10.2. The minimum absolute atomic E-state index is 0.437. The molecule has 0 spiro atoms. The first-order valence-corrected chi connectivity index (χ1v) is 5.94. The summed E-state index contributed by atoms with van der Waals surface area (Å²) in [5.74, 6) is 0.727. The third kappa shape index (κ3) is 3.51. The zero-order valence-electron chi connectivity index (χ0n) is 9.14. The van der Waals surface area contributed by atoms with E-state index in [0.717, 1.165) is 21.5 Å². The fourth-order valence-electron chi connectivity index (χ4n) is 1.37. The van der Waals surface area contributed by atoms with Crippen LogP contribution in [0.5, 0.6) is 5.75 Å². The monoisotopic (exact) mass is 293 g/mol. The van der Waals surface area contributed by atoms with E-state index in [0.29, 0.717) is 13.2 Å². The van der Waals surface area contributed by atoms with Gasteiger partial charge in [-0.15, -0.1) is 0 Å². The Morgan fingerprint density at radius 2 is 2.18 bits per heavy atom. The van der Waals surface area contributed by atoms with E-state index in [2.05, 4.69) is 25.9 Å². The molecule has 4 nitrogen and oxygen atoms in total. The van der Waals surface area contributed by atoms with Gasteiger partial charge < -0.3 is 10.5 Å². The maximum atomic E-state index is 5.61. The number of hydrogen-bond acceptors (Lipinski definition) is 4. The molecule has 2 heterocycles. The van der Waals surface area contributed by atoms with Crippen molar-refractivity contribution in [3.8, 4) is 5.75 Å². The minimum Gasteiger partial charge on any atom is -0.487 e. The van der Waals surface area contributed by atoms with Gasteiger partial charge in [0.2, 0.25) is 0 Å². The Kier molecular flexibility index (Phi) is 4.06. The highest BCUT2D eigenvalue weighted by Crippen LogP contribution is 2.17. The van der Waals surface area contributed by atoms with Gasteiger partial charge in [-0.05, 0) is 39.7 Å². The molecule has 0 fully saturated rings. The van der Waals surface area contributed by atoms with Crippen LogP contribution in [0.4, 0.5) is 0 Å². The van der Waals surface area contributed by atoms with Crippen LogP contribution in [0.2, 0.25) is 0 Å². The molecule has 0 aliphatic rings. The van der Waals surface area contributed by atoms with Crippen molar-refractivity contribution in [3.63, 3.8) is 0 Å². The summed E-state index contributed by atoms with van der Waals surface area (Å²) < 4.78 is 6.51. The number of halogens is 1. The van der Waals surface area contributed by atoms with E-state index < -0.39 is 0 Å². The molecule has 88 valence electrons. The summed E-state index contributed by atoms with van der Waals surface area (Å²) in [7, 11) is 0. The Morgan fingerprint density at radius 1 is 1.29 bits per heavy atom. The van der Waals surface area contributed by atoms with Crippen LogP contribution in [-0.2, 0) is 13.2 Å². The summed E-state index contributed by atoms with van der Waals surface area (Å²) in [5.41, 5.74) is 7.43. The van der Waals surface area contributed by atoms with Gasteiger partial charge in [0.25, 0.3) is 0 Å². The largest absolute Gasteiger partial charge is 0.487 e. The summed E-state index contributed by atoms with van der Waals surface area (Å²) in [6.45, 7) is 0.917. The molecule has 0 atom stereocenters. The van der Waals surface area contributed by atoms with Crippen molar-refractivity contribution in [1.29, 1.82) is 0 Å². The van der Waals surface area contributed by atoms with Crippen LogP contribution in [0.15, 0.2) is 41.3 Å². The number of hydrogen-bond donors (Lipinski definition) is 1. The molecule has 2 aromatic heterocycles. The van der Waals surface area contributed by atoms with Gasteiger partial charge in [0.15, 0.2) is 0 Å².